The Morgan fingerprint density at radius 2 is 2.07 bits per heavy atom. The van der Waals surface area contributed by atoms with Crippen LogP contribution in [0.25, 0.3) is 11.2 Å². The van der Waals surface area contributed by atoms with Gasteiger partial charge >= 0.3 is 12.0 Å². The standard InChI is InChI=1S/C19H23N5O5/c1-2-3-8-29-18-22-15(20)14-16(23-18)24(19(27)21-14)11-12-5-4-6-13(10-12)17(26)28-9-7-25/h4-6,10,25H,2-3,7-9,11H2,1H3,(H,21,27)(H2,20,22,23). The van der Waals surface area contributed by atoms with Crippen LogP contribution in [-0.2, 0) is 11.3 Å². The number of nitrogen functional groups attached to an aromatic ring is 1. The molecule has 0 aliphatic carbocycles. The van der Waals surface area contributed by atoms with Crippen LogP contribution in [0.4, 0.5) is 5.82 Å². The average Bonchev–Trinajstić information content (AvgIpc) is 3.03. The Morgan fingerprint density at radius 3 is 2.83 bits per heavy atom. The highest BCUT2D eigenvalue weighted by molar-refractivity contribution is 5.89. The van der Waals surface area contributed by atoms with E-state index in [-0.39, 0.29) is 43.1 Å². The van der Waals surface area contributed by atoms with Gasteiger partial charge in [-0.25, -0.2) is 4.79 Å². The first-order valence-electron chi connectivity index (χ1n) is 9.26. The summed E-state index contributed by atoms with van der Waals surface area (Å²) >= 11 is 0. The molecule has 0 fully saturated rings. The Morgan fingerprint density at radius 1 is 1.24 bits per heavy atom. The van der Waals surface area contributed by atoms with Crippen molar-refractivity contribution in [1.82, 2.24) is 19.5 Å². The van der Waals surface area contributed by atoms with Gasteiger partial charge in [-0.2, -0.15) is 15.0 Å². The summed E-state index contributed by atoms with van der Waals surface area (Å²) in [4.78, 5) is 24.4. The number of hydrogen-bond donors (Lipinski definition) is 3. The third-order valence-electron chi connectivity index (χ3n) is 4.14. The van der Waals surface area contributed by atoms with E-state index in [4.69, 9.17) is 20.3 Å². The highest BCUT2D eigenvalue weighted by Gasteiger charge is 2.18. The van der Waals surface area contributed by atoms with E-state index >= 15 is 0 Å². The first-order valence-corrected chi connectivity index (χ1v) is 9.26. The number of fused-ring (bicyclic) bond motifs is 1. The van der Waals surface area contributed by atoms with E-state index in [0.717, 1.165) is 12.8 Å². The number of carbonyl (C=O) groups is 1. The maximum atomic E-state index is 12.0. The number of ether oxygens (including phenoxy) is 2. The van der Waals surface area contributed by atoms with E-state index in [1.807, 2.05) is 6.92 Å². The van der Waals surface area contributed by atoms with Crippen LogP contribution in [0.3, 0.4) is 0 Å². The molecule has 0 amide bonds. The third kappa shape index (κ3) is 4.72. The van der Waals surface area contributed by atoms with Gasteiger partial charge < -0.3 is 25.4 Å². The number of imidazole rings is 1. The van der Waals surface area contributed by atoms with E-state index < -0.39 is 5.97 Å². The van der Waals surface area contributed by atoms with E-state index in [2.05, 4.69) is 15.0 Å². The van der Waals surface area contributed by atoms with Crippen LogP contribution in [0.1, 0.15) is 35.7 Å². The summed E-state index contributed by atoms with van der Waals surface area (Å²) in [5.41, 5.74) is 7.59. The van der Waals surface area contributed by atoms with Crippen molar-refractivity contribution in [3.05, 3.63) is 35.4 Å². The molecule has 2 heterocycles. The van der Waals surface area contributed by atoms with Crippen molar-refractivity contribution in [2.24, 2.45) is 0 Å². The zero-order valence-electron chi connectivity index (χ0n) is 16.0. The second-order valence-corrected chi connectivity index (χ2v) is 6.32. The van der Waals surface area contributed by atoms with Gasteiger partial charge in [0, 0.05) is 0 Å². The van der Waals surface area contributed by atoms with E-state index in [9.17, 15) is 9.90 Å². The largest absolute Gasteiger partial charge is 0.480 e. The second kappa shape index (κ2) is 9.20. The number of nitrogens with zero attached hydrogens (tertiary/aromatic N) is 4. The van der Waals surface area contributed by atoms with Gasteiger partial charge in [-0.05, 0) is 24.1 Å². The minimum Gasteiger partial charge on any atom is -0.480 e. The van der Waals surface area contributed by atoms with E-state index in [1.165, 1.54) is 4.57 Å². The van der Waals surface area contributed by atoms with E-state index in [1.54, 1.807) is 24.3 Å². The fourth-order valence-electron chi connectivity index (χ4n) is 2.71. The Labute approximate surface area is 166 Å². The molecular weight excluding hydrogens is 378 g/mol. The summed E-state index contributed by atoms with van der Waals surface area (Å²) in [5.74, 6) is -0.435. The number of aliphatic hydroxyl groups is 1. The summed E-state index contributed by atoms with van der Waals surface area (Å²) in [7, 11) is 0. The molecule has 0 aliphatic rings. The number of aromatic hydroxyl groups is 1. The minimum atomic E-state index is -0.543. The molecule has 0 saturated carbocycles. The number of carbonyl (C=O) groups excluding carboxylic acids is 1. The van der Waals surface area contributed by atoms with Crippen LogP contribution in [0, 0.1) is 0 Å². The van der Waals surface area contributed by atoms with Gasteiger partial charge in [-0.3, -0.25) is 4.57 Å². The zero-order chi connectivity index (χ0) is 20.8. The molecule has 3 rings (SSSR count). The topological polar surface area (TPSA) is 146 Å². The molecule has 1 aromatic carbocycles. The molecule has 0 unspecified atom stereocenters. The molecule has 10 heteroatoms. The van der Waals surface area contributed by atoms with Crippen molar-refractivity contribution in [3.8, 4) is 12.0 Å². The lowest BCUT2D eigenvalue weighted by Crippen LogP contribution is -2.10. The van der Waals surface area contributed by atoms with Gasteiger partial charge in [0.1, 0.15) is 6.61 Å². The van der Waals surface area contributed by atoms with Crippen molar-refractivity contribution in [3.63, 3.8) is 0 Å². The fourth-order valence-corrected chi connectivity index (χ4v) is 2.71. The number of aromatic nitrogens is 4. The van der Waals surface area contributed by atoms with Gasteiger partial charge in [-0.1, -0.05) is 25.5 Å². The Kier molecular flexibility index (Phi) is 6.45. The minimum absolute atomic E-state index is 0.0764. The third-order valence-corrected chi connectivity index (χ3v) is 4.14. The number of nitrogens with two attached hydrogens (primary N) is 1. The molecule has 0 aliphatic heterocycles. The lowest BCUT2D eigenvalue weighted by molar-refractivity contribution is 0.0433. The average molecular weight is 401 g/mol. The molecule has 0 atom stereocenters. The summed E-state index contributed by atoms with van der Waals surface area (Å²) < 4.78 is 11.9. The van der Waals surface area contributed by atoms with Crippen LogP contribution < -0.4 is 10.5 Å². The molecular formula is C19H23N5O5. The molecule has 0 bridgehead atoms. The Balaban J connectivity index is 1.89. The summed E-state index contributed by atoms with van der Waals surface area (Å²) in [6, 6.07) is 6.57. The number of esters is 1. The predicted octanol–water partition coefficient (Wildman–Crippen LogP) is 1.49. The predicted molar refractivity (Wildman–Crippen MR) is 105 cm³/mol. The lowest BCUT2D eigenvalue weighted by Gasteiger charge is -2.09. The maximum absolute atomic E-state index is 12.0. The smallest absolute Gasteiger partial charge is 0.338 e. The highest BCUT2D eigenvalue weighted by atomic mass is 16.5. The van der Waals surface area contributed by atoms with Crippen molar-refractivity contribution in [2.75, 3.05) is 25.6 Å². The Bertz CT molecular complexity index is 1000. The Hall–Kier alpha value is -3.40. The first kappa shape index (κ1) is 20.3. The maximum Gasteiger partial charge on any atom is 0.338 e. The summed E-state index contributed by atoms with van der Waals surface area (Å²) in [6.07, 6.45) is 1.82. The summed E-state index contributed by atoms with van der Waals surface area (Å²) in [5, 5.41) is 19.1. The van der Waals surface area contributed by atoms with Crippen molar-refractivity contribution >= 4 is 23.0 Å². The number of benzene rings is 1. The van der Waals surface area contributed by atoms with Gasteiger partial charge in [-0.15, -0.1) is 0 Å². The van der Waals surface area contributed by atoms with Crippen LogP contribution >= 0.6 is 0 Å². The van der Waals surface area contributed by atoms with Crippen LogP contribution in [0.15, 0.2) is 24.3 Å². The number of anilines is 1. The number of rotatable bonds is 9. The molecule has 154 valence electrons. The SMILES string of the molecule is CCCCOc1nc(N)c2nc(O)n(Cc3cccc(C(=O)OCCO)c3)c2n1. The van der Waals surface area contributed by atoms with Gasteiger partial charge in [0.2, 0.25) is 0 Å². The van der Waals surface area contributed by atoms with Crippen molar-refractivity contribution in [2.45, 2.75) is 26.3 Å². The monoisotopic (exact) mass is 401 g/mol. The normalized spacial score (nSPS) is 11.0. The highest BCUT2D eigenvalue weighted by Crippen LogP contribution is 2.26. The van der Waals surface area contributed by atoms with Gasteiger partial charge in [0.05, 0.1) is 25.3 Å². The number of hydrogen-bond acceptors (Lipinski definition) is 9. The van der Waals surface area contributed by atoms with E-state index in [0.29, 0.717) is 23.4 Å². The van der Waals surface area contributed by atoms with Crippen LogP contribution in [-0.4, -0.2) is 55.5 Å². The zero-order valence-corrected chi connectivity index (χ0v) is 16.0. The molecule has 3 aromatic rings. The van der Waals surface area contributed by atoms with Crippen molar-refractivity contribution < 1.29 is 24.5 Å². The number of aliphatic hydroxyl groups excluding tert-OH is 1. The molecule has 0 spiro atoms. The molecule has 4 N–H and O–H groups in total. The molecule has 0 saturated heterocycles. The molecule has 0 radical (unpaired) electrons. The first-order chi connectivity index (χ1) is 14.0. The second-order valence-electron chi connectivity index (χ2n) is 6.32. The lowest BCUT2D eigenvalue weighted by atomic mass is 10.1. The molecule has 29 heavy (non-hydrogen) atoms. The number of unbranched alkanes of at least 4 members (excludes halogenated alkanes) is 1. The van der Waals surface area contributed by atoms with Crippen LogP contribution in [0.2, 0.25) is 0 Å². The quantitative estimate of drug-likeness (QED) is 0.358. The molecule has 2 aromatic heterocycles. The fraction of sp³-hybridized carbons (Fsp3) is 0.368. The van der Waals surface area contributed by atoms with Gasteiger partial charge in [0.25, 0.3) is 6.01 Å². The van der Waals surface area contributed by atoms with Gasteiger partial charge in [0.15, 0.2) is 17.0 Å². The van der Waals surface area contributed by atoms with Crippen molar-refractivity contribution in [1.29, 1.82) is 0 Å². The summed E-state index contributed by atoms with van der Waals surface area (Å²) in [6.45, 7) is 2.37. The molecule has 10 nitrogen and oxygen atoms in total. The van der Waals surface area contributed by atoms with Crippen LogP contribution in [0.5, 0.6) is 12.0 Å².